The van der Waals surface area contributed by atoms with Crippen LogP contribution in [0.4, 0.5) is 43.2 Å². The number of anilines is 6. The number of hydrogen-bond donors (Lipinski definition) is 0. The molecule has 3 heterocycles. The average Bonchev–Trinajstić information content (AvgIpc) is 3.51. The van der Waals surface area contributed by atoms with Crippen molar-refractivity contribution in [3.8, 4) is 34.6 Å². The van der Waals surface area contributed by atoms with E-state index in [9.17, 15) is 8.78 Å². The molecule has 1 aromatic heterocycles. The van der Waals surface area contributed by atoms with E-state index in [1.54, 1.807) is 24.3 Å². The van der Waals surface area contributed by atoms with E-state index in [0.29, 0.717) is 16.8 Å². The summed E-state index contributed by atoms with van der Waals surface area (Å²) in [6.45, 7) is 4.55. The number of benzene rings is 7. The highest BCUT2D eigenvalue weighted by atomic mass is 19.1. The standard InChI is InChI=1S/C53H36F2N6/c1-53(2)41-21-5-7-23-44(41)59(45-24-8-6-22-42(45)53)39-28-30-48-49(31-29-39)61(47-26-10-9-25-46(47)60(48)43-27-13-15-34-14-3-4-20-40(34)43)52-57-50(35-16-11-18-37(54)32-35)56-51(58-52)36-17-12-19-38(55)33-36/h3-27,29,31-33,39H,1-2H3. The van der Waals surface area contributed by atoms with Crippen LogP contribution in [-0.2, 0) is 5.41 Å². The molecule has 0 bridgehead atoms. The summed E-state index contributed by atoms with van der Waals surface area (Å²) in [5.74, 6) is 7.33. The highest BCUT2D eigenvalue weighted by molar-refractivity contribution is 6.01. The van der Waals surface area contributed by atoms with Crippen LogP contribution in [0.5, 0.6) is 0 Å². The molecular formula is C53H36F2N6. The number of fused-ring (bicyclic) bond motifs is 4. The first kappa shape index (κ1) is 36.2. The zero-order chi connectivity index (χ0) is 41.2. The van der Waals surface area contributed by atoms with Gasteiger partial charge in [-0.3, -0.25) is 9.80 Å². The second kappa shape index (κ2) is 14.1. The Labute approximate surface area is 352 Å². The topological polar surface area (TPSA) is 48.4 Å². The predicted octanol–water partition coefficient (Wildman–Crippen LogP) is 12.6. The van der Waals surface area contributed by atoms with Gasteiger partial charge in [-0.15, -0.1) is 0 Å². The van der Waals surface area contributed by atoms with Gasteiger partial charge in [-0.05, 0) is 89.2 Å². The Kier molecular flexibility index (Phi) is 8.39. The van der Waals surface area contributed by atoms with Gasteiger partial charge in [0, 0.05) is 33.3 Å². The van der Waals surface area contributed by atoms with Gasteiger partial charge in [0.1, 0.15) is 23.4 Å². The Hall–Kier alpha value is -7.89. The molecule has 0 spiro atoms. The molecule has 292 valence electrons. The number of para-hydroxylation sites is 4. The van der Waals surface area contributed by atoms with E-state index >= 15 is 0 Å². The molecule has 1 atom stereocenters. The van der Waals surface area contributed by atoms with Crippen LogP contribution >= 0.6 is 0 Å². The fourth-order valence-electron chi connectivity index (χ4n) is 8.96. The maximum absolute atomic E-state index is 14.8. The van der Waals surface area contributed by atoms with E-state index in [4.69, 9.17) is 15.0 Å². The van der Waals surface area contributed by atoms with Crippen molar-refractivity contribution in [2.45, 2.75) is 25.3 Å². The van der Waals surface area contributed by atoms with Crippen LogP contribution < -0.4 is 14.7 Å². The maximum atomic E-state index is 14.8. The van der Waals surface area contributed by atoms with Crippen molar-refractivity contribution in [2.75, 3.05) is 14.7 Å². The minimum absolute atomic E-state index is 0.232. The van der Waals surface area contributed by atoms with E-state index in [0.717, 1.165) is 44.9 Å². The van der Waals surface area contributed by atoms with Gasteiger partial charge < -0.3 is 4.90 Å². The number of hydrogen-bond acceptors (Lipinski definition) is 6. The summed E-state index contributed by atoms with van der Waals surface area (Å²) in [7, 11) is 0. The van der Waals surface area contributed by atoms with Crippen molar-refractivity contribution in [1.82, 2.24) is 15.0 Å². The summed E-state index contributed by atoms with van der Waals surface area (Å²) in [6.07, 6.45) is 4.24. The minimum atomic E-state index is -0.428. The molecule has 2 aliphatic heterocycles. The number of allylic oxidation sites excluding steroid dienone is 2. The molecule has 6 nitrogen and oxygen atoms in total. The van der Waals surface area contributed by atoms with Gasteiger partial charge >= 0.3 is 0 Å². The monoisotopic (exact) mass is 794 g/mol. The molecule has 1 aliphatic carbocycles. The lowest BCUT2D eigenvalue weighted by Crippen LogP contribution is -2.37. The molecule has 8 heteroatoms. The zero-order valence-electron chi connectivity index (χ0n) is 33.3. The summed E-state index contributed by atoms with van der Waals surface area (Å²) >= 11 is 0. The van der Waals surface area contributed by atoms with Crippen molar-refractivity contribution >= 4 is 45.2 Å². The highest BCUT2D eigenvalue weighted by Gasteiger charge is 2.39. The lowest BCUT2D eigenvalue weighted by molar-refractivity contribution is 0.623. The van der Waals surface area contributed by atoms with Crippen molar-refractivity contribution in [1.29, 1.82) is 0 Å². The van der Waals surface area contributed by atoms with Gasteiger partial charge in [0.15, 0.2) is 11.6 Å². The number of nitrogens with zero attached hydrogens (tertiary/aromatic N) is 6. The third kappa shape index (κ3) is 5.96. The fraction of sp³-hybridized carbons (Fsp3) is 0.0755. The second-order valence-electron chi connectivity index (χ2n) is 15.8. The van der Waals surface area contributed by atoms with Crippen LogP contribution in [0.1, 0.15) is 25.0 Å². The van der Waals surface area contributed by atoms with Crippen molar-refractivity contribution < 1.29 is 8.78 Å². The van der Waals surface area contributed by atoms with Gasteiger partial charge in [-0.1, -0.05) is 129 Å². The molecule has 11 rings (SSSR count). The normalized spacial score (nSPS) is 15.9. The smallest absolute Gasteiger partial charge is 0.238 e. The van der Waals surface area contributed by atoms with E-state index in [1.165, 1.54) is 35.4 Å². The molecule has 61 heavy (non-hydrogen) atoms. The van der Waals surface area contributed by atoms with Crippen LogP contribution in [0.3, 0.4) is 0 Å². The first-order valence-corrected chi connectivity index (χ1v) is 20.2. The number of aromatic nitrogens is 3. The van der Waals surface area contributed by atoms with Crippen LogP contribution in [0.2, 0.25) is 0 Å². The maximum Gasteiger partial charge on any atom is 0.238 e. The third-order valence-electron chi connectivity index (χ3n) is 11.8. The van der Waals surface area contributed by atoms with E-state index < -0.39 is 11.6 Å². The van der Waals surface area contributed by atoms with E-state index in [2.05, 4.69) is 139 Å². The molecule has 0 radical (unpaired) electrons. The largest absolute Gasteiger partial charge is 0.323 e. The van der Waals surface area contributed by atoms with Crippen LogP contribution in [0.15, 0.2) is 187 Å². The summed E-state index contributed by atoms with van der Waals surface area (Å²) in [4.78, 5) is 21.5. The first-order chi connectivity index (χ1) is 29.8. The summed E-state index contributed by atoms with van der Waals surface area (Å²) in [5, 5.41) is 2.16. The number of halogens is 2. The van der Waals surface area contributed by atoms with Crippen LogP contribution in [-0.4, -0.2) is 21.0 Å². The molecular weight excluding hydrogens is 759 g/mol. The molecule has 0 saturated heterocycles. The average molecular weight is 795 g/mol. The van der Waals surface area contributed by atoms with Gasteiger partial charge in [0.05, 0.1) is 22.8 Å². The van der Waals surface area contributed by atoms with Gasteiger partial charge in [0.2, 0.25) is 5.95 Å². The van der Waals surface area contributed by atoms with Crippen LogP contribution in [0, 0.1) is 23.5 Å². The van der Waals surface area contributed by atoms with E-state index in [-0.39, 0.29) is 29.1 Å². The molecule has 1 unspecified atom stereocenters. The van der Waals surface area contributed by atoms with Crippen molar-refractivity contribution in [3.05, 3.63) is 210 Å². The predicted molar refractivity (Wildman–Crippen MR) is 240 cm³/mol. The molecule has 8 aromatic rings. The minimum Gasteiger partial charge on any atom is -0.323 e. The Morgan fingerprint density at radius 3 is 1.70 bits per heavy atom. The van der Waals surface area contributed by atoms with Gasteiger partial charge in [-0.2, -0.15) is 9.97 Å². The lowest BCUT2D eigenvalue weighted by Gasteiger charge is -2.43. The number of rotatable bonds is 5. The summed E-state index contributed by atoms with van der Waals surface area (Å²) in [6, 6.07) is 51.8. The molecule has 0 N–H and O–H groups in total. The second-order valence-corrected chi connectivity index (χ2v) is 15.8. The quantitative estimate of drug-likeness (QED) is 0.162. The molecule has 0 amide bonds. The van der Waals surface area contributed by atoms with Crippen molar-refractivity contribution in [3.63, 3.8) is 0 Å². The first-order valence-electron chi connectivity index (χ1n) is 20.2. The molecule has 7 aromatic carbocycles. The Bertz CT molecular complexity index is 3090. The Morgan fingerprint density at radius 2 is 1.07 bits per heavy atom. The highest BCUT2D eigenvalue weighted by Crippen LogP contribution is 2.52. The SMILES string of the molecule is CC1(C)c2ccccc2N(C2C#CC3=C(C=C2)N(c2nc(-c4cccc(F)c4)nc(-c4cccc(F)c4)n2)c2ccccc2N3c2cccc3ccccc23)c2ccccc21. The van der Waals surface area contributed by atoms with Gasteiger partial charge in [-0.25, -0.2) is 13.8 Å². The summed E-state index contributed by atoms with van der Waals surface area (Å²) < 4.78 is 29.6. The third-order valence-corrected chi connectivity index (χ3v) is 11.8. The summed E-state index contributed by atoms with van der Waals surface area (Å²) in [5.41, 5.74) is 9.36. The Balaban J connectivity index is 1.17. The fourth-order valence-corrected chi connectivity index (χ4v) is 8.96. The van der Waals surface area contributed by atoms with Crippen molar-refractivity contribution in [2.24, 2.45) is 0 Å². The molecule has 0 fully saturated rings. The zero-order valence-corrected chi connectivity index (χ0v) is 33.3. The Morgan fingerprint density at radius 1 is 0.541 bits per heavy atom. The van der Waals surface area contributed by atoms with Crippen LogP contribution in [0.25, 0.3) is 33.5 Å². The lowest BCUT2D eigenvalue weighted by atomic mass is 9.73. The molecule has 0 saturated carbocycles. The van der Waals surface area contributed by atoms with Gasteiger partial charge in [0.25, 0.3) is 0 Å². The molecule has 3 aliphatic rings. The van der Waals surface area contributed by atoms with E-state index in [1.807, 2.05) is 29.2 Å².